The third kappa shape index (κ3) is 2.99. The molecule has 0 spiro atoms. The Kier molecular flexibility index (Phi) is 3.31. The molecule has 13 heavy (non-hydrogen) atoms. The van der Waals surface area contributed by atoms with Gasteiger partial charge in [0.1, 0.15) is 0 Å². The van der Waals surface area contributed by atoms with Gasteiger partial charge in [0, 0.05) is 0 Å². The van der Waals surface area contributed by atoms with Crippen LogP contribution >= 0.6 is 0 Å². The zero-order valence-electron chi connectivity index (χ0n) is 8.38. The molecule has 1 atom stereocenters. The molecule has 0 aromatic rings. The van der Waals surface area contributed by atoms with E-state index in [1.807, 2.05) is 6.92 Å². The van der Waals surface area contributed by atoms with Crippen LogP contribution < -0.4 is 0 Å². The summed E-state index contributed by atoms with van der Waals surface area (Å²) in [5, 5.41) is 8.97. The van der Waals surface area contributed by atoms with Gasteiger partial charge < -0.3 is 9.84 Å². The average molecular weight is 186 g/mol. The maximum atomic E-state index is 10.9. The van der Waals surface area contributed by atoms with Crippen LogP contribution in [0.4, 0.5) is 0 Å². The van der Waals surface area contributed by atoms with E-state index < -0.39 is 11.6 Å². The first kappa shape index (κ1) is 10.5. The second kappa shape index (κ2) is 4.09. The van der Waals surface area contributed by atoms with Crippen molar-refractivity contribution in [3.8, 4) is 0 Å². The van der Waals surface area contributed by atoms with Gasteiger partial charge in [0.25, 0.3) is 0 Å². The second-order valence-electron chi connectivity index (χ2n) is 4.04. The Morgan fingerprint density at radius 3 is 2.62 bits per heavy atom. The Morgan fingerprint density at radius 1 is 1.62 bits per heavy atom. The van der Waals surface area contributed by atoms with Crippen molar-refractivity contribution in [2.45, 2.75) is 45.1 Å². The van der Waals surface area contributed by atoms with E-state index >= 15 is 0 Å². The minimum atomic E-state index is -0.961. The standard InChI is InChI=1S/C10H18O3/c1-3-6-10(2,9(11)12)13-7-8-4-5-8/h8H,3-7H2,1-2H3,(H,11,12). The number of rotatable bonds is 6. The van der Waals surface area contributed by atoms with Crippen LogP contribution in [0.3, 0.4) is 0 Å². The van der Waals surface area contributed by atoms with Gasteiger partial charge in [0.2, 0.25) is 0 Å². The molecule has 0 heterocycles. The van der Waals surface area contributed by atoms with E-state index in [1.165, 1.54) is 12.8 Å². The molecule has 0 radical (unpaired) electrons. The van der Waals surface area contributed by atoms with Gasteiger partial charge in [-0.25, -0.2) is 4.79 Å². The number of aliphatic carboxylic acids is 1. The lowest BCUT2D eigenvalue weighted by Crippen LogP contribution is -2.38. The van der Waals surface area contributed by atoms with Gasteiger partial charge >= 0.3 is 5.97 Å². The lowest BCUT2D eigenvalue weighted by molar-refractivity contribution is -0.165. The zero-order valence-corrected chi connectivity index (χ0v) is 8.38. The molecule has 0 aromatic carbocycles. The average Bonchev–Trinajstić information content (AvgIpc) is 2.84. The van der Waals surface area contributed by atoms with Crippen LogP contribution in [0.15, 0.2) is 0 Å². The Bertz CT molecular complexity index is 187. The molecule has 0 aliphatic heterocycles. The third-order valence-corrected chi connectivity index (χ3v) is 2.51. The van der Waals surface area contributed by atoms with E-state index in [1.54, 1.807) is 6.92 Å². The van der Waals surface area contributed by atoms with Crippen molar-refractivity contribution in [3.63, 3.8) is 0 Å². The Labute approximate surface area is 79.1 Å². The van der Waals surface area contributed by atoms with Crippen LogP contribution in [-0.4, -0.2) is 23.3 Å². The highest BCUT2D eigenvalue weighted by Gasteiger charge is 2.35. The highest BCUT2D eigenvalue weighted by atomic mass is 16.5. The zero-order chi connectivity index (χ0) is 9.90. The van der Waals surface area contributed by atoms with Crippen LogP contribution in [0.1, 0.15) is 39.5 Å². The summed E-state index contributed by atoms with van der Waals surface area (Å²) in [7, 11) is 0. The number of carboxylic acids is 1. The first-order valence-corrected chi connectivity index (χ1v) is 4.96. The van der Waals surface area contributed by atoms with Crippen LogP contribution in [0.25, 0.3) is 0 Å². The summed E-state index contributed by atoms with van der Waals surface area (Å²) in [4.78, 5) is 10.9. The van der Waals surface area contributed by atoms with Gasteiger partial charge in [-0.2, -0.15) is 0 Å². The first-order valence-electron chi connectivity index (χ1n) is 4.96. The minimum Gasteiger partial charge on any atom is -0.479 e. The molecule has 3 nitrogen and oxygen atoms in total. The van der Waals surface area contributed by atoms with Gasteiger partial charge in [-0.15, -0.1) is 0 Å². The van der Waals surface area contributed by atoms with Gasteiger partial charge in [0.15, 0.2) is 5.60 Å². The topological polar surface area (TPSA) is 46.5 Å². The lowest BCUT2D eigenvalue weighted by atomic mass is 10.0. The van der Waals surface area contributed by atoms with E-state index in [-0.39, 0.29) is 0 Å². The molecule has 0 bridgehead atoms. The van der Waals surface area contributed by atoms with E-state index in [0.29, 0.717) is 18.9 Å². The highest BCUT2D eigenvalue weighted by Crippen LogP contribution is 2.31. The Hall–Kier alpha value is -0.570. The molecule has 1 N–H and O–H groups in total. The summed E-state index contributed by atoms with van der Waals surface area (Å²) in [6.45, 7) is 4.26. The minimum absolute atomic E-state index is 0.592. The number of hydrogen-bond acceptors (Lipinski definition) is 2. The van der Waals surface area contributed by atoms with E-state index in [0.717, 1.165) is 6.42 Å². The molecule has 3 heteroatoms. The summed E-state index contributed by atoms with van der Waals surface area (Å²) in [5.74, 6) is -0.217. The molecule has 1 unspecified atom stereocenters. The summed E-state index contributed by atoms with van der Waals surface area (Å²) < 4.78 is 5.46. The van der Waals surface area contributed by atoms with E-state index in [2.05, 4.69) is 0 Å². The summed E-state index contributed by atoms with van der Waals surface area (Å²) in [6, 6.07) is 0. The van der Waals surface area contributed by atoms with E-state index in [9.17, 15) is 4.79 Å². The Morgan fingerprint density at radius 2 is 2.23 bits per heavy atom. The quantitative estimate of drug-likeness (QED) is 0.690. The molecule has 1 aliphatic rings. The molecule has 0 saturated heterocycles. The second-order valence-corrected chi connectivity index (χ2v) is 4.04. The normalized spacial score (nSPS) is 21.1. The van der Waals surface area contributed by atoms with Crippen molar-refractivity contribution >= 4 is 5.97 Å². The van der Waals surface area contributed by atoms with Crippen molar-refractivity contribution in [2.24, 2.45) is 5.92 Å². The predicted molar refractivity (Wildman–Crippen MR) is 49.6 cm³/mol. The van der Waals surface area contributed by atoms with Gasteiger partial charge in [-0.1, -0.05) is 13.3 Å². The molecule has 1 rings (SSSR count). The number of ether oxygens (including phenoxy) is 1. The van der Waals surface area contributed by atoms with Crippen LogP contribution in [-0.2, 0) is 9.53 Å². The molecule has 76 valence electrons. The molecule has 0 aromatic heterocycles. The summed E-state index contributed by atoms with van der Waals surface area (Å²) in [5.41, 5.74) is -0.961. The first-order chi connectivity index (χ1) is 6.08. The van der Waals surface area contributed by atoms with Gasteiger partial charge in [-0.05, 0) is 32.1 Å². The Balaban J connectivity index is 2.38. The van der Waals surface area contributed by atoms with Crippen molar-refractivity contribution in [1.82, 2.24) is 0 Å². The lowest BCUT2D eigenvalue weighted by Gasteiger charge is -2.24. The molecular formula is C10H18O3. The third-order valence-electron chi connectivity index (χ3n) is 2.51. The number of hydrogen-bond donors (Lipinski definition) is 1. The number of carboxylic acid groups (broad SMARTS) is 1. The van der Waals surface area contributed by atoms with Crippen molar-refractivity contribution in [2.75, 3.05) is 6.61 Å². The van der Waals surface area contributed by atoms with Gasteiger partial charge in [-0.3, -0.25) is 0 Å². The maximum absolute atomic E-state index is 10.9. The highest BCUT2D eigenvalue weighted by molar-refractivity contribution is 5.76. The summed E-state index contributed by atoms with van der Waals surface area (Å²) >= 11 is 0. The van der Waals surface area contributed by atoms with Crippen molar-refractivity contribution < 1.29 is 14.6 Å². The fraction of sp³-hybridized carbons (Fsp3) is 0.900. The largest absolute Gasteiger partial charge is 0.479 e. The van der Waals surface area contributed by atoms with Crippen LogP contribution in [0.2, 0.25) is 0 Å². The van der Waals surface area contributed by atoms with Crippen molar-refractivity contribution in [1.29, 1.82) is 0 Å². The number of carbonyl (C=O) groups is 1. The van der Waals surface area contributed by atoms with E-state index in [4.69, 9.17) is 9.84 Å². The molecular weight excluding hydrogens is 168 g/mol. The molecule has 1 aliphatic carbocycles. The molecule has 1 fully saturated rings. The van der Waals surface area contributed by atoms with Gasteiger partial charge in [0.05, 0.1) is 6.61 Å². The SMILES string of the molecule is CCCC(C)(OCC1CC1)C(=O)O. The van der Waals surface area contributed by atoms with Crippen LogP contribution in [0, 0.1) is 5.92 Å². The molecule has 1 saturated carbocycles. The predicted octanol–water partition coefficient (Wildman–Crippen LogP) is 2.06. The monoisotopic (exact) mass is 186 g/mol. The summed E-state index contributed by atoms with van der Waals surface area (Å²) in [6.07, 6.45) is 3.83. The molecule has 0 amide bonds. The maximum Gasteiger partial charge on any atom is 0.335 e. The fourth-order valence-electron chi connectivity index (χ4n) is 1.30. The smallest absolute Gasteiger partial charge is 0.335 e. The fourth-order valence-corrected chi connectivity index (χ4v) is 1.30. The van der Waals surface area contributed by atoms with Crippen molar-refractivity contribution in [3.05, 3.63) is 0 Å². The van der Waals surface area contributed by atoms with Crippen LogP contribution in [0.5, 0.6) is 0 Å².